The van der Waals surface area contributed by atoms with Crippen LogP contribution in [0.2, 0.25) is 0 Å². The third kappa shape index (κ3) is 3.90. The van der Waals surface area contributed by atoms with E-state index in [1.807, 2.05) is 21.7 Å². The highest BCUT2D eigenvalue weighted by Crippen LogP contribution is 2.40. The van der Waals surface area contributed by atoms with Crippen LogP contribution in [0.15, 0.2) is 29.3 Å². The van der Waals surface area contributed by atoms with Crippen LogP contribution in [0, 0.1) is 5.41 Å². The summed E-state index contributed by atoms with van der Waals surface area (Å²) in [5.41, 5.74) is 3.16. The number of pyridine rings is 1. The number of carbonyl (C=O) groups excluding carboxylic acids is 1. The molecule has 1 saturated heterocycles. The van der Waals surface area contributed by atoms with Crippen LogP contribution in [0.25, 0.3) is 0 Å². The number of methoxy groups -OCH3 is 1. The summed E-state index contributed by atoms with van der Waals surface area (Å²) in [6.45, 7) is 4.64. The molecule has 31 heavy (non-hydrogen) atoms. The van der Waals surface area contributed by atoms with Gasteiger partial charge in [-0.2, -0.15) is 0 Å². The molecular formula is C23H29N5O3. The highest BCUT2D eigenvalue weighted by atomic mass is 16.5. The first-order valence-electron chi connectivity index (χ1n) is 11.1. The molecule has 2 aromatic rings. The number of nitrogens with zero attached hydrogens (tertiary/aromatic N) is 5. The van der Waals surface area contributed by atoms with Crippen LogP contribution in [-0.4, -0.2) is 63.6 Å². The summed E-state index contributed by atoms with van der Waals surface area (Å²) < 4.78 is 6.90. The van der Waals surface area contributed by atoms with Crippen LogP contribution in [0.5, 0.6) is 0 Å². The molecule has 2 aromatic heterocycles. The van der Waals surface area contributed by atoms with Crippen LogP contribution in [0.4, 0.5) is 0 Å². The van der Waals surface area contributed by atoms with Crippen molar-refractivity contribution < 1.29 is 9.53 Å². The zero-order valence-electron chi connectivity index (χ0n) is 18.0. The monoisotopic (exact) mass is 423 g/mol. The molecule has 5 rings (SSSR count). The average molecular weight is 424 g/mol. The normalized spacial score (nSPS) is 20.0. The largest absolute Gasteiger partial charge is 0.375 e. The first-order chi connectivity index (χ1) is 15.1. The summed E-state index contributed by atoms with van der Waals surface area (Å²) in [5, 5.41) is 0. The Hall–Kier alpha value is -2.58. The van der Waals surface area contributed by atoms with E-state index in [0.717, 1.165) is 81.1 Å². The third-order valence-electron chi connectivity index (χ3n) is 7.07. The Kier molecular flexibility index (Phi) is 5.35. The van der Waals surface area contributed by atoms with Crippen molar-refractivity contribution in [3.8, 4) is 0 Å². The van der Waals surface area contributed by atoms with Crippen molar-refractivity contribution in [1.82, 2.24) is 24.3 Å². The number of piperidine rings is 1. The fraction of sp³-hybridized carbons (Fsp3) is 0.565. The molecule has 8 heteroatoms. The van der Waals surface area contributed by atoms with Gasteiger partial charge in [0.05, 0.1) is 11.3 Å². The van der Waals surface area contributed by atoms with Crippen molar-refractivity contribution in [2.45, 2.75) is 45.3 Å². The summed E-state index contributed by atoms with van der Waals surface area (Å²) in [4.78, 5) is 38.9. The maximum atomic E-state index is 13.4. The molecule has 1 amide bonds. The van der Waals surface area contributed by atoms with Gasteiger partial charge in [0.25, 0.3) is 5.56 Å². The van der Waals surface area contributed by atoms with Gasteiger partial charge in [-0.05, 0) is 29.9 Å². The molecular weight excluding hydrogens is 394 g/mol. The van der Waals surface area contributed by atoms with E-state index < -0.39 is 0 Å². The lowest BCUT2D eigenvalue weighted by atomic mass is 9.77. The van der Waals surface area contributed by atoms with Crippen molar-refractivity contribution in [3.05, 3.63) is 57.5 Å². The Morgan fingerprint density at radius 3 is 2.84 bits per heavy atom. The van der Waals surface area contributed by atoms with E-state index in [9.17, 15) is 9.59 Å². The number of likely N-dealkylation sites (tertiary alicyclic amines) is 1. The van der Waals surface area contributed by atoms with Gasteiger partial charge in [-0.1, -0.05) is 6.07 Å². The summed E-state index contributed by atoms with van der Waals surface area (Å²) in [6, 6.07) is 4.02. The molecule has 0 aliphatic carbocycles. The predicted molar refractivity (Wildman–Crippen MR) is 114 cm³/mol. The molecule has 0 N–H and O–H groups in total. The SMILES string of the molecule is COCC(=O)N1CCC2(CC1)Cc1nc3c(c(=O)n1C2)CN(Cc1cccnc1)CC3. The fourth-order valence-corrected chi connectivity index (χ4v) is 5.31. The fourth-order valence-electron chi connectivity index (χ4n) is 5.31. The van der Waals surface area contributed by atoms with Crippen LogP contribution in [0.1, 0.15) is 35.5 Å². The van der Waals surface area contributed by atoms with E-state index in [-0.39, 0.29) is 23.5 Å². The number of hydrogen-bond donors (Lipinski definition) is 0. The maximum Gasteiger partial charge on any atom is 0.258 e. The van der Waals surface area contributed by atoms with Crippen molar-refractivity contribution in [2.75, 3.05) is 33.4 Å². The van der Waals surface area contributed by atoms with E-state index in [1.54, 1.807) is 13.3 Å². The Morgan fingerprint density at radius 1 is 1.26 bits per heavy atom. The second-order valence-corrected chi connectivity index (χ2v) is 9.16. The minimum absolute atomic E-state index is 0.0440. The molecule has 0 saturated carbocycles. The van der Waals surface area contributed by atoms with Gasteiger partial charge in [0, 0.05) is 71.6 Å². The van der Waals surface area contributed by atoms with Gasteiger partial charge in [0.1, 0.15) is 12.4 Å². The first kappa shape index (κ1) is 20.3. The lowest BCUT2D eigenvalue weighted by Crippen LogP contribution is -2.45. The zero-order valence-corrected chi connectivity index (χ0v) is 18.0. The number of aromatic nitrogens is 3. The van der Waals surface area contributed by atoms with E-state index in [1.165, 1.54) is 0 Å². The Bertz CT molecular complexity index is 1030. The van der Waals surface area contributed by atoms with Crippen LogP contribution < -0.4 is 5.56 Å². The lowest BCUT2D eigenvalue weighted by Gasteiger charge is -2.38. The van der Waals surface area contributed by atoms with Gasteiger partial charge < -0.3 is 9.64 Å². The van der Waals surface area contributed by atoms with Gasteiger partial charge in [-0.25, -0.2) is 4.98 Å². The highest BCUT2D eigenvalue weighted by Gasteiger charge is 2.43. The van der Waals surface area contributed by atoms with Crippen molar-refractivity contribution >= 4 is 5.91 Å². The van der Waals surface area contributed by atoms with Gasteiger partial charge >= 0.3 is 0 Å². The zero-order chi connectivity index (χ0) is 21.4. The Morgan fingerprint density at radius 2 is 2.10 bits per heavy atom. The molecule has 1 fully saturated rings. The topological polar surface area (TPSA) is 80.6 Å². The summed E-state index contributed by atoms with van der Waals surface area (Å²) >= 11 is 0. The van der Waals surface area contributed by atoms with Crippen molar-refractivity contribution in [2.24, 2.45) is 5.41 Å². The third-order valence-corrected chi connectivity index (χ3v) is 7.07. The lowest BCUT2D eigenvalue weighted by molar-refractivity contribution is -0.137. The number of ether oxygens (including phenoxy) is 1. The number of carbonyl (C=O) groups is 1. The molecule has 3 aliphatic heterocycles. The molecule has 0 aromatic carbocycles. The molecule has 0 atom stereocenters. The molecule has 1 spiro atoms. The molecule has 164 valence electrons. The van der Waals surface area contributed by atoms with E-state index in [2.05, 4.69) is 16.0 Å². The summed E-state index contributed by atoms with van der Waals surface area (Å²) in [5.74, 6) is 0.980. The van der Waals surface area contributed by atoms with E-state index >= 15 is 0 Å². The number of fused-ring (bicyclic) bond motifs is 2. The second-order valence-electron chi connectivity index (χ2n) is 9.16. The second kappa shape index (κ2) is 8.16. The molecule has 3 aliphatic rings. The van der Waals surface area contributed by atoms with E-state index in [0.29, 0.717) is 6.54 Å². The van der Waals surface area contributed by atoms with Crippen molar-refractivity contribution in [3.63, 3.8) is 0 Å². The van der Waals surface area contributed by atoms with Crippen LogP contribution >= 0.6 is 0 Å². The summed E-state index contributed by atoms with van der Waals surface area (Å²) in [6.07, 6.45) is 7.12. The van der Waals surface area contributed by atoms with Crippen LogP contribution in [0.3, 0.4) is 0 Å². The van der Waals surface area contributed by atoms with Gasteiger partial charge in [-0.15, -0.1) is 0 Å². The molecule has 0 unspecified atom stereocenters. The van der Waals surface area contributed by atoms with Gasteiger partial charge in [0.2, 0.25) is 5.91 Å². The molecule has 0 bridgehead atoms. The van der Waals surface area contributed by atoms with Crippen molar-refractivity contribution in [1.29, 1.82) is 0 Å². The standard InChI is InChI=1S/C23H29N5O3/c1-31-15-21(29)27-9-5-23(6-10-27)11-20-25-19-4-8-26(13-17-3-2-7-24-12-17)14-18(19)22(30)28(20)16-23/h2-3,7,12H,4-6,8-11,13-16H2,1H3. The Balaban J connectivity index is 1.31. The van der Waals surface area contributed by atoms with E-state index in [4.69, 9.17) is 9.72 Å². The number of amides is 1. The van der Waals surface area contributed by atoms with Crippen LogP contribution in [-0.2, 0) is 42.0 Å². The number of hydrogen-bond acceptors (Lipinski definition) is 6. The average Bonchev–Trinajstić information content (AvgIpc) is 3.13. The molecule has 5 heterocycles. The smallest absolute Gasteiger partial charge is 0.258 e. The molecule has 8 nitrogen and oxygen atoms in total. The van der Waals surface area contributed by atoms with Gasteiger partial charge in [0.15, 0.2) is 0 Å². The van der Waals surface area contributed by atoms with Gasteiger partial charge in [-0.3, -0.25) is 24.0 Å². The molecule has 0 radical (unpaired) electrons. The predicted octanol–water partition coefficient (Wildman–Crippen LogP) is 1.01. The first-order valence-corrected chi connectivity index (χ1v) is 11.1. The summed E-state index contributed by atoms with van der Waals surface area (Å²) in [7, 11) is 1.55. The maximum absolute atomic E-state index is 13.4. The Labute approximate surface area is 181 Å². The highest BCUT2D eigenvalue weighted by molar-refractivity contribution is 5.77. The minimum atomic E-state index is 0.0440. The quantitative estimate of drug-likeness (QED) is 0.730. The number of rotatable bonds is 4. The minimum Gasteiger partial charge on any atom is -0.375 e.